The van der Waals surface area contributed by atoms with Gasteiger partial charge in [0.25, 0.3) is 0 Å². The van der Waals surface area contributed by atoms with Crippen molar-refractivity contribution < 1.29 is 9.59 Å². The summed E-state index contributed by atoms with van der Waals surface area (Å²) in [4.78, 5) is 24.1. The zero-order valence-electron chi connectivity index (χ0n) is 22.6. The van der Waals surface area contributed by atoms with Crippen LogP contribution in [0.2, 0.25) is 0 Å². The predicted molar refractivity (Wildman–Crippen MR) is 164 cm³/mol. The van der Waals surface area contributed by atoms with Crippen LogP contribution in [0, 0.1) is 0 Å². The number of unbranched alkanes of at least 4 members (excludes halogenated alkanes) is 1. The minimum Gasteiger partial charge on any atom is -0.331 e. The van der Waals surface area contributed by atoms with Crippen molar-refractivity contribution in [1.82, 2.24) is 21.7 Å². The first-order valence-corrected chi connectivity index (χ1v) is 13.9. The quantitative estimate of drug-likeness (QED) is 0.121. The SMILES string of the molecule is CC[C@H](C)c1ccc(NC(=S)NNC(=O)CCCCC(=O)NNC(=S)Nc2ccc([C@@H](C)CC)cc2)cc1. The maximum atomic E-state index is 12.1. The summed E-state index contributed by atoms with van der Waals surface area (Å²) in [5.74, 6) is 0.607. The smallest absolute Gasteiger partial charge is 0.238 e. The van der Waals surface area contributed by atoms with Gasteiger partial charge in [-0.1, -0.05) is 52.0 Å². The molecule has 0 radical (unpaired) electrons. The highest BCUT2D eigenvalue weighted by atomic mass is 32.1. The molecule has 0 fully saturated rings. The number of amides is 2. The molecule has 0 aliphatic heterocycles. The number of thiocarbonyl (C=S) groups is 2. The molecule has 38 heavy (non-hydrogen) atoms. The molecular formula is C28H40N6O2S2. The van der Waals surface area contributed by atoms with E-state index in [2.05, 4.69) is 84.3 Å². The fourth-order valence-corrected chi connectivity index (χ4v) is 3.87. The highest BCUT2D eigenvalue weighted by molar-refractivity contribution is 7.80. The Hall–Kier alpha value is -3.24. The predicted octanol–water partition coefficient (Wildman–Crippen LogP) is 5.61. The van der Waals surface area contributed by atoms with Crippen molar-refractivity contribution in [1.29, 1.82) is 0 Å². The molecule has 206 valence electrons. The molecule has 6 N–H and O–H groups in total. The van der Waals surface area contributed by atoms with Crippen LogP contribution in [0.15, 0.2) is 48.5 Å². The largest absolute Gasteiger partial charge is 0.331 e. The van der Waals surface area contributed by atoms with Crippen LogP contribution < -0.4 is 32.3 Å². The Morgan fingerprint density at radius 3 is 1.29 bits per heavy atom. The van der Waals surface area contributed by atoms with Gasteiger partial charge in [-0.3, -0.25) is 31.3 Å². The van der Waals surface area contributed by atoms with Crippen molar-refractivity contribution >= 4 is 57.8 Å². The van der Waals surface area contributed by atoms with Crippen molar-refractivity contribution in [2.24, 2.45) is 0 Å². The van der Waals surface area contributed by atoms with Crippen LogP contribution in [0.4, 0.5) is 11.4 Å². The van der Waals surface area contributed by atoms with Crippen molar-refractivity contribution in [2.45, 2.75) is 78.1 Å². The number of rotatable bonds is 11. The Morgan fingerprint density at radius 2 is 0.974 bits per heavy atom. The lowest BCUT2D eigenvalue weighted by Gasteiger charge is -2.14. The van der Waals surface area contributed by atoms with Gasteiger partial charge >= 0.3 is 0 Å². The van der Waals surface area contributed by atoms with Gasteiger partial charge < -0.3 is 10.6 Å². The summed E-state index contributed by atoms with van der Waals surface area (Å²) in [6, 6.07) is 16.1. The van der Waals surface area contributed by atoms with Crippen LogP contribution in [0.3, 0.4) is 0 Å². The van der Waals surface area contributed by atoms with E-state index in [0.717, 1.165) is 24.2 Å². The molecule has 10 heteroatoms. The second-order valence-electron chi connectivity index (χ2n) is 9.32. The average molecular weight is 557 g/mol. The molecule has 0 saturated heterocycles. The molecule has 0 spiro atoms. The molecular weight excluding hydrogens is 516 g/mol. The summed E-state index contributed by atoms with van der Waals surface area (Å²) >= 11 is 10.5. The average Bonchev–Trinajstić information content (AvgIpc) is 2.93. The number of benzene rings is 2. The number of anilines is 2. The van der Waals surface area contributed by atoms with Crippen LogP contribution in [-0.4, -0.2) is 22.0 Å². The summed E-state index contributed by atoms with van der Waals surface area (Å²) in [7, 11) is 0. The van der Waals surface area contributed by atoms with Crippen LogP contribution in [0.1, 0.15) is 89.2 Å². The van der Waals surface area contributed by atoms with Gasteiger partial charge in [0.2, 0.25) is 11.8 Å². The van der Waals surface area contributed by atoms with Gasteiger partial charge in [0.15, 0.2) is 10.2 Å². The van der Waals surface area contributed by atoms with Crippen molar-refractivity contribution in [2.75, 3.05) is 10.6 Å². The second kappa shape index (κ2) is 16.6. The Labute approximate surface area is 237 Å². The molecule has 2 aromatic rings. The maximum absolute atomic E-state index is 12.1. The first kappa shape index (κ1) is 31.0. The lowest BCUT2D eigenvalue weighted by Crippen LogP contribution is -2.44. The molecule has 2 amide bonds. The number of nitrogens with one attached hydrogen (secondary N) is 6. The van der Waals surface area contributed by atoms with E-state index in [1.807, 2.05) is 24.3 Å². The molecule has 0 aliphatic rings. The molecule has 0 saturated carbocycles. The van der Waals surface area contributed by atoms with Crippen molar-refractivity contribution in [3.05, 3.63) is 59.7 Å². The molecule has 2 aromatic carbocycles. The zero-order chi connectivity index (χ0) is 27.9. The molecule has 0 aliphatic carbocycles. The highest BCUT2D eigenvalue weighted by Crippen LogP contribution is 2.21. The number of carbonyl (C=O) groups excluding carboxylic acids is 2. The fourth-order valence-electron chi connectivity index (χ4n) is 3.54. The first-order chi connectivity index (χ1) is 18.2. The minimum absolute atomic E-state index is 0.204. The summed E-state index contributed by atoms with van der Waals surface area (Å²) in [6.07, 6.45) is 3.83. The maximum Gasteiger partial charge on any atom is 0.238 e. The van der Waals surface area contributed by atoms with Crippen LogP contribution >= 0.6 is 24.4 Å². The van der Waals surface area contributed by atoms with Crippen molar-refractivity contribution in [3.63, 3.8) is 0 Å². The van der Waals surface area contributed by atoms with Crippen LogP contribution in [0.25, 0.3) is 0 Å². The van der Waals surface area contributed by atoms with Crippen molar-refractivity contribution in [3.8, 4) is 0 Å². The summed E-state index contributed by atoms with van der Waals surface area (Å²) in [6.45, 7) is 8.70. The molecule has 0 heterocycles. The Kier molecular flexibility index (Phi) is 13.5. The Balaban J connectivity index is 1.56. The van der Waals surface area contributed by atoms with E-state index in [9.17, 15) is 9.59 Å². The molecule has 0 bridgehead atoms. The number of hydrogen-bond acceptors (Lipinski definition) is 4. The normalized spacial score (nSPS) is 12.0. The lowest BCUT2D eigenvalue weighted by molar-refractivity contribution is -0.123. The Bertz CT molecular complexity index is 975. The first-order valence-electron chi connectivity index (χ1n) is 13.1. The second-order valence-corrected chi connectivity index (χ2v) is 10.1. The molecule has 8 nitrogen and oxygen atoms in total. The highest BCUT2D eigenvalue weighted by Gasteiger charge is 2.07. The van der Waals surface area contributed by atoms with E-state index in [-0.39, 0.29) is 24.7 Å². The van der Waals surface area contributed by atoms with E-state index in [1.54, 1.807) is 0 Å². The van der Waals surface area contributed by atoms with Gasteiger partial charge in [-0.2, -0.15) is 0 Å². The minimum atomic E-state index is -0.204. The summed E-state index contributed by atoms with van der Waals surface area (Å²) in [5, 5.41) is 6.69. The molecule has 0 aromatic heterocycles. The van der Waals surface area contributed by atoms with Crippen LogP contribution in [0.5, 0.6) is 0 Å². The van der Waals surface area contributed by atoms with E-state index < -0.39 is 0 Å². The number of hydrazine groups is 2. The third kappa shape index (κ3) is 11.4. The Morgan fingerprint density at radius 1 is 0.632 bits per heavy atom. The monoisotopic (exact) mass is 556 g/mol. The van der Waals surface area contributed by atoms with Gasteiger partial charge in [0.05, 0.1) is 0 Å². The topological polar surface area (TPSA) is 106 Å². The van der Waals surface area contributed by atoms with Gasteiger partial charge in [0, 0.05) is 24.2 Å². The lowest BCUT2D eigenvalue weighted by atomic mass is 9.99. The third-order valence-corrected chi connectivity index (χ3v) is 6.80. The van der Waals surface area contributed by atoms with E-state index in [1.165, 1.54) is 11.1 Å². The van der Waals surface area contributed by atoms with Crippen LogP contribution in [-0.2, 0) is 9.59 Å². The number of carbonyl (C=O) groups is 2. The molecule has 0 unspecified atom stereocenters. The summed E-state index contributed by atoms with van der Waals surface area (Å²) < 4.78 is 0. The molecule has 2 rings (SSSR count). The van der Waals surface area contributed by atoms with Gasteiger partial charge in [-0.15, -0.1) is 0 Å². The van der Waals surface area contributed by atoms with E-state index in [4.69, 9.17) is 24.4 Å². The number of hydrogen-bond donors (Lipinski definition) is 6. The zero-order valence-corrected chi connectivity index (χ0v) is 24.3. The third-order valence-electron chi connectivity index (χ3n) is 6.39. The van der Waals surface area contributed by atoms with Gasteiger partial charge in [-0.05, 0) is 97.3 Å². The van der Waals surface area contributed by atoms with E-state index in [0.29, 0.717) is 34.9 Å². The van der Waals surface area contributed by atoms with Gasteiger partial charge in [-0.25, -0.2) is 0 Å². The van der Waals surface area contributed by atoms with Gasteiger partial charge in [0.1, 0.15) is 0 Å². The standard InChI is InChI=1S/C28H40N6O2S2/c1-5-19(3)21-11-15-23(16-12-21)29-27(37)33-31-25(35)9-7-8-10-26(36)32-34-28(38)30-24-17-13-22(14-18-24)20(4)6-2/h11-20H,5-10H2,1-4H3,(H,31,35)(H,32,36)(H2,29,33,37)(H2,30,34,38)/t19-,20-/m0/s1. The fraction of sp³-hybridized carbons (Fsp3) is 0.429. The molecule has 2 atom stereocenters. The summed E-state index contributed by atoms with van der Waals surface area (Å²) in [5.41, 5.74) is 14.8. The van der Waals surface area contributed by atoms with E-state index >= 15 is 0 Å².